The van der Waals surface area contributed by atoms with E-state index >= 15 is 8.78 Å². The summed E-state index contributed by atoms with van der Waals surface area (Å²) in [7, 11) is 1.02. The van der Waals surface area contributed by atoms with E-state index in [9.17, 15) is 13.6 Å². The molecule has 2 aromatic rings. The first kappa shape index (κ1) is 19.4. The predicted molar refractivity (Wildman–Crippen MR) is 95.5 cm³/mol. The molecule has 1 aliphatic heterocycles. The first-order chi connectivity index (χ1) is 13.7. The van der Waals surface area contributed by atoms with Crippen LogP contribution in [-0.4, -0.2) is 29.8 Å². The van der Waals surface area contributed by atoms with Crippen molar-refractivity contribution in [2.24, 2.45) is 4.99 Å². The van der Waals surface area contributed by atoms with Gasteiger partial charge in [-0.15, -0.1) is 0 Å². The number of nitrogens with zero attached hydrogens (tertiary/aromatic N) is 2. The molecular formula is C19H12ClF4N3O2. The van der Waals surface area contributed by atoms with Gasteiger partial charge in [0.2, 0.25) is 0 Å². The summed E-state index contributed by atoms with van der Waals surface area (Å²) in [5, 5.41) is 1.90. The monoisotopic (exact) mass is 425 g/mol. The Balaban J connectivity index is 2.04. The molecule has 4 rings (SSSR count). The SMILES string of the molecule is COC(=O)C1=C(Cl)NC(c2ncc(F)cc2F)=NC12c1ccccc1CC2(F)F. The lowest BCUT2D eigenvalue weighted by Crippen LogP contribution is -2.50. The van der Waals surface area contributed by atoms with E-state index < -0.39 is 57.7 Å². The van der Waals surface area contributed by atoms with Gasteiger partial charge in [-0.1, -0.05) is 35.9 Å². The molecule has 1 unspecified atom stereocenters. The molecule has 0 fully saturated rings. The molecular weight excluding hydrogens is 414 g/mol. The van der Waals surface area contributed by atoms with Gasteiger partial charge in [0.05, 0.1) is 13.3 Å². The van der Waals surface area contributed by atoms with Crippen LogP contribution in [0.1, 0.15) is 16.8 Å². The van der Waals surface area contributed by atoms with Gasteiger partial charge in [-0.2, -0.15) is 0 Å². The molecule has 1 aromatic heterocycles. The van der Waals surface area contributed by atoms with Gasteiger partial charge in [0, 0.05) is 12.5 Å². The second-order valence-electron chi connectivity index (χ2n) is 6.50. The van der Waals surface area contributed by atoms with Crippen molar-refractivity contribution < 1.29 is 27.1 Å². The number of halogens is 5. The van der Waals surface area contributed by atoms with Crippen LogP contribution in [0.2, 0.25) is 0 Å². The minimum Gasteiger partial charge on any atom is -0.465 e. The first-order valence-electron chi connectivity index (χ1n) is 8.34. The third kappa shape index (κ3) is 2.71. The molecule has 0 saturated heterocycles. The molecule has 1 spiro atoms. The molecule has 5 nitrogen and oxygen atoms in total. The van der Waals surface area contributed by atoms with Crippen LogP contribution in [-0.2, 0) is 21.5 Å². The highest BCUT2D eigenvalue weighted by Crippen LogP contribution is 2.56. The first-order valence-corrected chi connectivity index (χ1v) is 8.72. The Kier molecular flexibility index (Phi) is 4.38. The second-order valence-corrected chi connectivity index (χ2v) is 6.88. The fourth-order valence-electron chi connectivity index (χ4n) is 3.67. The fraction of sp³-hybridized carbons (Fsp3) is 0.211. The van der Waals surface area contributed by atoms with E-state index in [1.807, 2.05) is 0 Å². The van der Waals surface area contributed by atoms with Gasteiger partial charge in [-0.3, -0.25) is 0 Å². The summed E-state index contributed by atoms with van der Waals surface area (Å²) in [4.78, 5) is 20.1. The standard InChI is InChI=1S/C19H12ClF4N3O2/c1-29-17(28)13-15(20)26-16(14-12(22)6-10(21)8-25-14)27-19(13)11-5-3-2-4-9(11)7-18(19,23)24/h2-6,8H,7H2,1H3,(H,26,27). The zero-order chi connectivity index (χ0) is 21.0. The lowest BCUT2D eigenvalue weighted by molar-refractivity contribution is -0.139. The summed E-state index contributed by atoms with van der Waals surface area (Å²) in [6.07, 6.45) is -0.00654. The minimum absolute atomic E-state index is 0.0325. The number of benzene rings is 1. The molecule has 10 heteroatoms. The van der Waals surface area contributed by atoms with E-state index in [4.69, 9.17) is 11.6 Å². The van der Waals surface area contributed by atoms with Gasteiger partial charge in [-0.05, 0) is 11.1 Å². The van der Waals surface area contributed by atoms with E-state index in [-0.39, 0.29) is 11.1 Å². The Morgan fingerprint density at radius 1 is 1.28 bits per heavy atom. The Hall–Kier alpha value is -2.94. The van der Waals surface area contributed by atoms with E-state index in [2.05, 4.69) is 20.0 Å². The summed E-state index contributed by atoms with van der Waals surface area (Å²) >= 11 is 6.18. The van der Waals surface area contributed by atoms with Gasteiger partial charge in [0.25, 0.3) is 5.92 Å². The van der Waals surface area contributed by atoms with E-state index in [1.54, 1.807) is 6.07 Å². The van der Waals surface area contributed by atoms with Crippen molar-refractivity contribution in [3.8, 4) is 0 Å². The third-order valence-corrected chi connectivity index (χ3v) is 5.14. The number of aliphatic imine (C=N–C) groups is 1. The number of alkyl halides is 2. The Bertz CT molecular complexity index is 1100. The molecule has 1 aromatic carbocycles. The number of rotatable bonds is 2. The normalized spacial score (nSPS) is 22.2. The van der Waals surface area contributed by atoms with Gasteiger partial charge in [0.1, 0.15) is 22.2 Å². The van der Waals surface area contributed by atoms with Crippen molar-refractivity contribution in [2.45, 2.75) is 17.9 Å². The van der Waals surface area contributed by atoms with Crippen molar-refractivity contribution >= 4 is 23.4 Å². The predicted octanol–water partition coefficient (Wildman–Crippen LogP) is 3.42. The Morgan fingerprint density at radius 2 is 2.00 bits per heavy atom. The van der Waals surface area contributed by atoms with Crippen molar-refractivity contribution in [2.75, 3.05) is 7.11 Å². The molecule has 1 atom stereocenters. The largest absolute Gasteiger partial charge is 0.465 e. The maximum absolute atomic E-state index is 15.4. The summed E-state index contributed by atoms with van der Waals surface area (Å²) in [5.74, 6) is -7.26. The number of methoxy groups -OCH3 is 1. The molecule has 150 valence electrons. The summed E-state index contributed by atoms with van der Waals surface area (Å²) < 4.78 is 63.1. The highest BCUT2D eigenvalue weighted by molar-refractivity contribution is 6.33. The lowest BCUT2D eigenvalue weighted by Gasteiger charge is -2.37. The van der Waals surface area contributed by atoms with E-state index in [0.29, 0.717) is 12.3 Å². The number of amidine groups is 1. The van der Waals surface area contributed by atoms with Crippen LogP contribution in [0.25, 0.3) is 0 Å². The van der Waals surface area contributed by atoms with Crippen LogP contribution in [0.3, 0.4) is 0 Å². The Morgan fingerprint density at radius 3 is 2.69 bits per heavy atom. The number of nitrogens with one attached hydrogen (secondary N) is 1. The zero-order valence-electron chi connectivity index (χ0n) is 14.8. The lowest BCUT2D eigenvalue weighted by atomic mass is 9.81. The fourth-order valence-corrected chi connectivity index (χ4v) is 3.97. The summed E-state index contributed by atoms with van der Waals surface area (Å²) in [6, 6.07) is 6.50. The van der Waals surface area contributed by atoms with Crippen molar-refractivity contribution in [1.82, 2.24) is 10.3 Å². The van der Waals surface area contributed by atoms with Gasteiger partial charge in [-0.25, -0.2) is 32.3 Å². The van der Waals surface area contributed by atoms with Crippen LogP contribution in [0.4, 0.5) is 17.6 Å². The molecule has 0 amide bonds. The summed E-state index contributed by atoms with van der Waals surface area (Å²) in [5.41, 5.74) is -3.40. The van der Waals surface area contributed by atoms with Gasteiger partial charge in [0.15, 0.2) is 17.2 Å². The highest BCUT2D eigenvalue weighted by Gasteiger charge is 2.66. The average molecular weight is 426 g/mol. The number of carbonyl (C=O) groups excluding carboxylic acids is 1. The van der Waals surface area contributed by atoms with Gasteiger partial charge >= 0.3 is 5.97 Å². The van der Waals surface area contributed by atoms with Crippen molar-refractivity contribution in [3.63, 3.8) is 0 Å². The number of esters is 1. The number of fused-ring (bicyclic) bond motifs is 2. The van der Waals surface area contributed by atoms with Crippen LogP contribution in [0.5, 0.6) is 0 Å². The zero-order valence-corrected chi connectivity index (χ0v) is 15.5. The molecule has 0 bridgehead atoms. The van der Waals surface area contributed by atoms with Crippen molar-refractivity contribution in [3.05, 3.63) is 75.7 Å². The van der Waals surface area contributed by atoms with Crippen LogP contribution >= 0.6 is 11.6 Å². The number of carbonyl (C=O) groups is 1. The quantitative estimate of drug-likeness (QED) is 0.455. The van der Waals surface area contributed by atoms with Crippen LogP contribution in [0, 0.1) is 11.6 Å². The molecule has 0 radical (unpaired) electrons. The van der Waals surface area contributed by atoms with E-state index in [1.165, 1.54) is 18.2 Å². The molecule has 1 aliphatic carbocycles. The third-order valence-electron chi connectivity index (χ3n) is 4.86. The second kappa shape index (κ2) is 6.55. The number of hydrogen-bond donors (Lipinski definition) is 1. The molecule has 2 heterocycles. The summed E-state index contributed by atoms with van der Waals surface area (Å²) in [6.45, 7) is 0. The number of aromatic nitrogens is 1. The van der Waals surface area contributed by atoms with Crippen LogP contribution in [0.15, 0.2) is 52.3 Å². The van der Waals surface area contributed by atoms with E-state index in [0.717, 1.165) is 7.11 Å². The number of ether oxygens (including phenoxy) is 1. The molecule has 29 heavy (non-hydrogen) atoms. The smallest absolute Gasteiger partial charge is 0.339 e. The van der Waals surface area contributed by atoms with Gasteiger partial charge < -0.3 is 10.1 Å². The average Bonchev–Trinajstić information content (AvgIpc) is 2.87. The topological polar surface area (TPSA) is 63.6 Å². The minimum atomic E-state index is -3.59. The highest BCUT2D eigenvalue weighted by atomic mass is 35.5. The van der Waals surface area contributed by atoms with Crippen molar-refractivity contribution in [1.29, 1.82) is 0 Å². The maximum Gasteiger partial charge on any atom is 0.339 e. The number of pyridine rings is 1. The van der Waals surface area contributed by atoms with Crippen LogP contribution < -0.4 is 5.32 Å². The molecule has 1 N–H and O–H groups in total. The number of hydrogen-bond acceptors (Lipinski definition) is 5. The maximum atomic E-state index is 15.4. The molecule has 2 aliphatic rings. The Labute approximate surface area is 167 Å². The molecule has 0 saturated carbocycles.